The SMILES string of the molecule is CC(C)CCC(NN)c1ccnnc1. The highest BCUT2D eigenvalue weighted by Gasteiger charge is 2.09. The molecule has 3 N–H and O–H groups in total. The smallest absolute Gasteiger partial charge is 0.0544 e. The molecule has 0 amide bonds. The molecule has 14 heavy (non-hydrogen) atoms. The highest BCUT2D eigenvalue weighted by atomic mass is 15.2. The topological polar surface area (TPSA) is 63.8 Å². The minimum Gasteiger partial charge on any atom is -0.271 e. The summed E-state index contributed by atoms with van der Waals surface area (Å²) in [4.78, 5) is 0. The molecule has 1 aromatic rings. The van der Waals surface area contributed by atoms with E-state index in [9.17, 15) is 0 Å². The number of nitrogens with two attached hydrogens (primary N) is 1. The summed E-state index contributed by atoms with van der Waals surface area (Å²) in [5.41, 5.74) is 3.91. The van der Waals surface area contributed by atoms with Gasteiger partial charge in [-0.15, -0.1) is 0 Å². The maximum absolute atomic E-state index is 5.49. The van der Waals surface area contributed by atoms with Crippen LogP contribution in [0.25, 0.3) is 0 Å². The van der Waals surface area contributed by atoms with Crippen LogP contribution in [-0.4, -0.2) is 10.2 Å². The number of nitrogens with one attached hydrogen (secondary N) is 1. The zero-order valence-corrected chi connectivity index (χ0v) is 8.77. The van der Waals surface area contributed by atoms with Crippen LogP contribution >= 0.6 is 0 Å². The third kappa shape index (κ3) is 3.40. The van der Waals surface area contributed by atoms with Gasteiger partial charge >= 0.3 is 0 Å². The van der Waals surface area contributed by atoms with Gasteiger partial charge in [-0.1, -0.05) is 13.8 Å². The van der Waals surface area contributed by atoms with Crippen LogP contribution in [0.1, 0.15) is 38.3 Å². The molecule has 0 aliphatic carbocycles. The maximum Gasteiger partial charge on any atom is 0.0544 e. The van der Waals surface area contributed by atoms with E-state index in [1.807, 2.05) is 6.07 Å². The van der Waals surface area contributed by atoms with Gasteiger partial charge in [-0.25, -0.2) is 0 Å². The van der Waals surface area contributed by atoms with E-state index in [2.05, 4.69) is 29.5 Å². The number of rotatable bonds is 5. The Balaban J connectivity index is 2.54. The van der Waals surface area contributed by atoms with Crippen LogP contribution in [0.2, 0.25) is 0 Å². The van der Waals surface area contributed by atoms with Crippen molar-refractivity contribution in [1.29, 1.82) is 0 Å². The Kier molecular flexibility index (Phi) is 4.49. The Hall–Kier alpha value is -1.00. The Morgan fingerprint density at radius 2 is 2.14 bits per heavy atom. The second-order valence-corrected chi connectivity index (χ2v) is 3.87. The lowest BCUT2D eigenvalue weighted by molar-refractivity contribution is 0.447. The summed E-state index contributed by atoms with van der Waals surface area (Å²) in [7, 11) is 0. The average molecular weight is 194 g/mol. The van der Waals surface area contributed by atoms with Gasteiger partial charge in [0.15, 0.2) is 0 Å². The van der Waals surface area contributed by atoms with Crippen LogP contribution in [0.3, 0.4) is 0 Å². The zero-order chi connectivity index (χ0) is 10.4. The molecular weight excluding hydrogens is 176 g/mol. The summed E-state index contributed by atoms with van der Waals surface area (Å²) in [5, 5.41) is 7.57. The summed E-state index contributed by atoms with van der Waals surface area (Å²) in [5.74, 6) is 6.19. The quantitative estimate of drug-likeness (QED) is 0.549. The molecule has 1 heterocycles. The Bertz CT molecular complexity index is 248. The first kappa shape index (κ1) is 11.1. The number of aromatic nitrogens is 2. The van der Waals surface area contributed by atoms with Crippen LogP contribution in [0, 0.1) is 5.92 Å². The van der Waals surface area contributed by atoms with Crippen molar-refractivity contribution in [2.45, 2.75) is 32.7 Å². The minimum absolute atomic E-state index is 0.188. The lowest BCUT2D eigenvalue weighted by Gasteiger charge is -2.16. The van der Waals surface area contributed by atoms with Crippen LogP contribution < -0.4 is 11.3 Å². The van der Waals surface area contributed by atoms with Crippen molar-refractivity contribution in [1.82, 2.24) is 15.6 Å². The van der Waals surface area contributed by atoms with E-state index in [0.29, 0.717) is 5.92 Å². The Labute approximate surface area is 84.9 Å². The van der Waals surface area contributed by atoms with Gasteiger partial charge < -0.3 is 0 Å². The maximum atomic E-state index is 5.49. The van der Waals surface area contributed by atoms with E-state index in [1.54, 1.807) is 12.4 Å². The molecule has 0 saturated carbocycles. The van der Waals surface area contributed by atoms with Crippen molar-refractivity contribution >= 4 is 0 Å². The van der Waals surface area contributed by atoms with E-state index in [0.717, 1.165) is 18.4 Å². The molecule has 1 aromatic heterocycles. The molecule has 4 heteroatoms. The number of hydrogen-bond acceptors (Lipinski definition) is 4. The van der Waals surface area contributed by atoms with Crippen molar-refractivity contribution in [2.24, 2.45) is 11.8 Å². The lowest BCUT2D eigenvalue weighted by Crippen LogP contribution is -2.28. The summed E-state index contributed by atoms with van der Waals surface area (Å²) >= 11 is 0. The first-order valence-electron chi connectivity index (χ1n) is 4.96. The molecule has 1 unspecified atom stereocenters. The van der Waals surface area contributed by atoms with Crippen molar-refractivity contribution in [2.75, 3.05) is 0 Å². The largest absolute Gasteiger partial charge is 0.271 e. The van der Waals surface area contributed by atoms with Gasteiger partial charge in [0.1, 0.15) is 0 Å². The molecule has 0 radical (unpaired) electrons. The fourth-order valence-corrected chi connectivity index (χ4v) is 1.35. The number of hydrazine groups is 1. The summed E-state index contributed by atoms with van der Waals surface area (Å²) in [6, 6.07) is 2.13. The summed E-state index contributed by atoms with van der Waals surface area (Å²) < 4.78 is 0. The first-order chi connectivity index (χ1) is 6.74. The van der Waals surface area contributed by atoms with Crippen LogP contribution in [0.4, 0.5) is 0 Å². The molecular formula is C10H18N4. The van der Waals surface area contributed by atoms with Gasteiger partial charge in [0.25, 0.3) is 0 Å². The van der Waals surface area contributed by atoms with Gasteiger partial charge in [0.2, 0.25) is 0 Å². The average Bonchev–Trinajstić information content (AvgIpc) is 2.20. The van der Waals surface area contributed by atoms with Gasteiger partial charge in [0, 0.05) is 12.2 Å². The minimum atomic E-state index is 0.188. The second kappa shape index (κ2) is 5.67. The first-order valence-corrected chi connectivity index (χ1v) is 4.96. The van der Waals surface area contributed by atoms with E-state index in [4.69, 9.17) is 5.84 Å². The molecule has 1 rings (SSSR count). The molecule has 78 valence electrons. The molecule has 0 aromatic carbocycles. The van der Waals surface area contributed by atoms with Crippen LogP contribution in [-0.2, 0) is 0 Å². The van der Waals surface area contributed by atoms with Gasteiger partial charge in [0.05, 0.1) is 6.20 Å². The third-order valence-electron chi connectivity index (χ3n) is 2.24. The van der Waals surface area contributed by atoms with Crippen molar-refractivity contribution in [3.05, 3.63) is 24.0 Å². The van der Waals surface area contributed by atoms with E-state index >= 15 is 0 Å². The monoisotopic (exact) mass is 194 g/mol. The van der Waals surface area contributed by atoms with Gasteiger partial charge in [-0.05, 0) is 30.4 Å². The highest BCUT2D eigenvalue weighted by molar-refractivity contribution is 5.10. The van der Waals surface area contributed by atoms with Crippen molar-refractivity contribution in [3.8, 4) is 0 Å². The molecule has 0 aliphatic rings. The highest BCUT2D eigenvalue weighted by Crippen LogP contribution is 2.18. The normalized spacial score (nSPS) is 13.1. The molecule has 0 fully saturated rings. The molecule has 0 saturated heterocycles. The Morgan fingerprint density at radius 1 is 1.36 bits per heavy atom. The zero-order valence-electron chi connectivity index (χ0n) is 8.77. The molecule has 0 aliphatic heterocycles. The molecule has 4 nitrogen and oxygen atoms in total. The molecule has 0 bridgehead atoms. The predicted octanol–water partition coefficient (Wildman–Crippen LogP) is 1.42. The molecule has 1 atom stereocenters. The van der Waals surface area contributed by atoms with Crippen molar-refractivity contribution < 1.29 is 0 Å². The standard InChI is InChI=1S/C10H18N4/c1-8(2)3-4-10(14-11)9-5-6-12-13-7-9/h5-8,10,14H,3-4,11H2,1-2H3. The van der Waals surface area contributed by atoms with Gasteiger partial charge in [-0.2, -0.15) is 10.2 Å². The van der Waals surface area contributed by atoms with Crippen LogP contribution in [0.5, 0.6) is 0 Å². The van der Waals surface area contributed by atoms with Crippen LogP contribution in [0.15, 0.2) is 18.5 Å². The molecule has 0 spiro atoms. The predicted molar refractivity (Wildman–Crippen MR) is 56.2 cm³/mol. The fourth-order valence-electron chi connectivity index (χ4n) is 1.35. The second-order valence-electron chi connectivity index (χ2n) is 3.87. The van der Waals surface area contributed by atoms with E-state index < -0.39 is 0 Å². The fraction of sp³-hybridized carbons (Fsp3) is 0.600. The van der Waals surface area contributed by atoms with Gasteiger partial charge in [-0.3, -0.25) is 11.3 Å². The summed E-state index contributed by atoms with van der Waals surface area (Å²) in [6.45, 7) is 4.41. The van der Waals surface area contributed by atoms with E-state index in [1.165, 1.54) is 0 Å². The summed E-state index contributed by atoms with van der Waals surface area (Å²) in [6.07, 6.45) is 5.62. The Morgan fingerprint density at radius 3 is 2.64 bits per heavy atom. The number of hydrogen-bond donors (Lipinski definition) is 2. The van der Waals surface area contributed by atoms with Crippen molar-refractivity contribution in [3.63, 3.8) is 0 Å². The lowest BCUT2D eigenvalue weighted by atomic mass is 10.00. The number of nitrogens with zero attached hydrogens (tertiary/aromatic N) is 2. The van der Waals surface area contributed by atoms with E-state index in [-0.39, 0.29) is 6.04 Å². The third-order valence-corrected chi connectivity index (χ3v) is 2.24.